The second kappa shape index (κ2) is 7.09. The zero-order valence-corrected chi connectivity index (χ0v) is 10.6. The first-order valence-electron chi connectivity index (χ1n) is 5.49. The summed E-state index contributed by atoms with van der Waals surface area (Å²) in [6.45, 7) is 14.2. The maximum atomic E-state index is 3.71. The van der Waals surface area contributed by atoms with Gasteiger partial charge < -0.3 is 0 Å². The van der Waals surface area contributed by atoms with Crippen LogP contribution in [0, 0.1) is 0 Å². The standard InChI is InChI=1S/C15H22/c1-7-11-15(13(6)9-3)14(10-4)12(5)8-2/h9-11H,2,7H2,1,3-6H3/b13-9-,14-10-,15-11+. The quantitative estimate of drug-likeness (QED) is 0.446. The summed E-state index contributed by atoms with van der Waals surface area (Å²) in [5, 5.41) is 0. The van der Waals surface area contributed by atoms with E-state index < -0.39 is 0 Å². The Morgan fingerprint density at radius 3 is 2.07 bits per heavy atom. The molecule has 0 unspecified atom stereocenters. The van der Waals surface area contributed by atoms with Crippen LogP contribution in [-0.2, 0) is 0 Å². The van der Waals surface area contributed by atoms with Crippen LogP contribution >= 0.6 is 0 Å². The van der Waals surface area contributed by atoms with Crippen LogP contribution in [0.3, 0.4) is 0 Å². The highest BCUT2D eigenvalue weighted by molar-refractivity contribution is 5.54. The summed E-state index contributed by atoms with van der Waals surface area (Å²) in [5.41, 5.74) is 7.92. The van der Waals surface area contributed by atoms with Gasteiger partial charge in [-0.15, -0.1) is 5.73 Å². The minimum absolute atomic E-state index is 1.04. The van der Waals surface area contributed by atoms with Crippen molar-refractivity contribution in [1.82, 2.24) is 0 Å². The molecule has 0 aromatic rings. The Morgan fingerprint density at radius 2 is 1.73 bits per heavy atom. The second-order valence-electron chi connectivity index (χ2n) is 3.50. The van der Waals surface area contributed by atoms with Crippen LogP contribution in [0.25, 0.3) is 0 Å². The van der Waals surface area contributed by atoms with Gasteiger partial charge in [0.2, 0.25) is 0 Å². The van der Waals surface area contributed by atoms with Gasteiger partial charge in [-0.25, -0.2) is 0 Å². The Hall–Kier alpha value is -1.26. The van der Waals surface area contributed by atoms with Gasteiger partial charge in [-0.05, 0) is 56.4 Å². The summed E-state index contributed by atoms with van der Waals surface area (Å²) in [6, 6.07) is 0. The van der Waals surface area contributed by atoms with E-state index in [0.717, 1.165) is 12.0 Å². The van der Waals surface area contributed by atoms with E-state index in [1.807, 2.05) is 0 Å². The molecule has 0 aromatic heterocycles. The van der Waals surface area contributed by atoms with Crippen LogP contribution in [0.2, 0.25) is 0 Å². The molecule has 0 spiro atoms. The van der Waals surface area contributed by atoms with Gasteiger partial charge in [-0.2, -0.15) is 0 Å². The Morgan fingerprint density at radius 1 is 1.13 bits per heavy atom. The molecular weight excluding hydrogens is 180 g/mol. The summed E-state index contributed by atoms with van der Waals surface area (Å²) in [6.07, 6.45) is 7.57. The molecule has 0 heterocycles. The lowest BCUT2D eigenvalue weighted by Gasteiger charge is -2.12. The maximum Gasteiger partial charge on any atom is -0.00225 e. The normalized spacial score (nSPS) is 13.8. The fourth-order valence-corrected chi connectivity index (χ4v) is 1.51. The summed E-state index contributed by atoms with van der Waals surface area (Å²) < 4.78 is 0. The molecule has 0 saturated carbocycles. The lowest BCUT2D eigenvalue weighted by molar-refractivity contribution is 1.17. The van der Waals surface area contributed by atoms with Crippen LogP contribution in [-0.4, -0.2) is 0 Å². The minimum Gasteiger partial charge on any atom is -0.125 e. The highest BCUT2D eigenvalue weighted by Crippen LogP contribution is 2.25. The molecule has 0 fully saturated rings. The fraction of sp³-hybridized carbons (Fsp3) is 0.400. The summed E-state index contributed by atoms with van der Waals surface area (Å²) in [5.74, 6) is 0. The number of hydrogen-bond donors (Lipinski definition) is 0. The van der Waals surface area contributed by atoms with E-state index in [4.69, 9.17) is 0 Å². The molecule has 0 amide bonds. The summed E-state index contributed by atoms with van der Waals surface area (Å²) in [7, 11) is 0. The average molecular weight is 202 g/mol. The van der Waals surface area contributed by atoms with Crippen LogP contribution in [0.5, 0.6) is 0 Å². The van der Waals surface area contributed by atoms with E-state index in [1.165, 1.54) is 16.7 Å². The van der Waals surface area contributed by atoms with Crippen molar-refractivity contribution >= 4 is 0 Å². The average Bonchev–Trinajstić information content (AvgIpc) is 2.27. The molecule has 0 aromatic carbocycles. The number of rotatable bonds is 4. The van der Waals surface area contributed by atoms with Crippen molar-refractivity contribution in [2.75, 3.05) is 0 Å². The van der Waals surface area contributed by atoms with Crippen molar-refractivity contribution in [3.05, 3.63) is 52.8 Å². The van der Waals surface area contributed by atoms with Gasteiger partial charge in [0.25, 0.3) is 0 Å². The van der Waals surface area contributed by atoms with Crippen molar-refractivity contribution < 1.29 is 0 Å². The first kappa shape index (κ1) is 13.7. The van der Waals surface area contributed by atoms with Gasteiger partial charge in [0.05, 0.1) is 0 Å². The second-order valence-corrected chi connectivity index (χ2v) is 3.50. The minimum atomic E-state index is 1.04. The monoisotopic (exact) mass is 202 g/mol. The van der Waals surface area contributed by atoms with Crippen LogP contribution in [0.15, 0.2) is 52.8 Å². The molecule has 0 bridgehead atoms. The molecule has 0 aliphatic rings. The van der Waals surface area contributed by atoms with Crippen LogP contribution in [0.4, 0.5) is 0 Å². The molecule has 0 N–H and O–H groups in total. The highest BCUT2D eigenvalue weighted by Gasteiger charge is 2.06. The molecule has 0 atom stereocenters. The van der Waals surface area contributed by atoms with Crippen molar-refractivity contribution in [3.63, 3.8) is 0 Å². The Kier molecular flexibility index (Phi) is 6.49. The first-order valence-corrected chi connectivity index (χ1v) is 5.49. The van der Waals surface area contributed by atoms with Crippen LogP contribution in [0.1, 0.15) is 41.0 Å². The van der Waals surface area contributed by atoms with Gasteiger partial charge >= 0.3 is 0 Å². The van der Waals surface area contributed by atoms with Crippen molar-refractivity contribution in [1.29, 1.82) is 0 Å². The molecular formula is C15H22. The Balaban J connectivity index is 5.46. The Bertz CT molecular complexity index is 342. The molecule has 0 saturated heterocycles. The summed E-state index contributed by atoms with van der Waals surface area (Å²) in [4.78, 5) is 0. The first-order chi connectivity index (χ1) is 7.12. The van der Waals surface area contributed by atoms with Gasteiger partial charge in [-0.3, -0.25) is 0 Å². The SMILES string of the molecule is C=C=C(C)C(=C/C)/C(=C/CC)C(/C)=C\C. The van der Waals surface area contributed by atoms with E-state index in [9.17, 15) is 0 Å². The molecule has 0 heteroatoms. The van der Waals surface area contributed by atoms with Gasteiger partial charge in [0, 0.05) is 0 Å². The maximum absolute atomic E-state index is 3.71. The smallest absolute Gasteiger partial charge is 0.00225 e. The van der Waals surface area contributed by atoms with Gasteiger partial charge in [0.1, 0.15) is 0 Å². The lowest BCUT2D eigenvalue weighted by atomic mass is 9.93. The predicted octanol–water partition coefficient (Wildman–Crippen LogP) is 4.97. The lowest BCUT2D eigenvalue weighted by Crippen LogP contribution is -1.93. The highest BCUT2D eigenvalue weighted by atomic mass is 14.1. The van der Waals surface area contributed by atoms with Gasteiger partial charge in [-0.1, -0.05) is 31.7 Å². The van der Waals surface area contributed by atoms with E-state index in [0.29, 0.717) is 0 Å². The molecule has 0 radical (unpaired) electrons. The van der Waals surface area contributed by atoms with Crippen molar-refractivity contribution in [2.45, 2.75) is 41.0 Å². The van der Waals surface area contributed by atoms with E-state index in [2.05, 4.69) is 65.2 Å². The number of hydrogen-bond acceptors (Lipinski definition) is 0. The third kappa shape index (κ3) is 3.77. The molecule has 0 nitrogen and oxygen atoms in total. The predicted molar refractivity (Wildman–Crippen MR) is 69.9 cm³/mol. The van der Waals surface area contributed by atoms with E-state index in [1.54, 1.807) is 0 Å². The number of allylic oxidation sites excluding steroid dienone is 7. The van der Waals surface area contributed by atoms with E-state index >= 15 is 0 Å². The zero-order valence-electron chi connectivity index (χ0n) is 10.6. The largest absolute Gasteiger partial charge is 0.125 e. The van der Waals surface area contributed by atoms with Crippen LogP contribution < -0.4 is 0 Å². The Labute approximate surface area is 94.4 Å². The van der Waals surface area contributed by atoms with E-state index in [-0.39, 0.29) is 0 Å². The van der Waals surface area contributed by atoms with Crippen molar-refractivity contribution in [2.24, 2.45) is 0 Å². The molecule has 15 heavy (non-hydrogen) atoms. The molecule has 0 rings (SSSR count). The third-order valence-corrected chi connectivity index (χ3v) is 2.51. The van der Waals surface area contributed by atoms with Crippen molar-refractivity contribution in [3.8, 4) is 0 Å². The fourth-order valence-electron chi connectivity index (χ4n) is 1.51. The summed E-state index contributed by atoms with van der Waals surface area (Å²) >= 11 is 0. The topological polar surface area (TPSA) is 0 Å². The zero-order chi connectivity index (χ0) is 11.8. The molecule has 0 aliphatic heterocycles. The third-order valence-electron chi connectivity index (χ3n) is 2.51. The molecule has 82 valence electrons. The van der Waals surface area contributed by atoms with Gasteiger partial charge in [0.15, 0.2) is 0 Å². The molecule has 0 aliphatic carbocycles.